The molecule has 0 fully saturated rings. The average Bonchev–Trinajstić information content (AvgIpc) is 2.77. The lowest BCUT2D eigenvalue weighted by atomic mass is 10.2. The van der Waals surface area contributed by atoms with Gasteiger partial charge >= 0.3 is 0 Å². The number of carbonyl (C=O) groups is 1. The summed E-state index contributed by atoms with van der Waals surface area (Å²) >= 11 is 0. The monoisotopic (exact) mass is 265 g/mol. The third kappa shape index (κ3) is 2.26. The van der Waals surface area contributed by atoms with Crippen LogP contribution in [0.3, 0.4) is 0 Å². The number of nitrogens with zero attached hydrogens (tertiary/aromatic N) is 3. The van der Waals surface area contributed by atoms with Gasteiger partial charge in [0.15, 0.2) is 5.69 Å². The summed E-state index contributed by atoms with van der Waals surface area (Å²) in [7, 11) is 0. The lowest BCUT2D eigenvalue weighted by molar-refractivity contribution is -0.384. The molecule has 1 amide bonds. The second-order valence-corrected chi connectivity index (χ2v) is 3.38. The van der Waals surface area contributed by atoms with E-state index in [1.165, 1.54) is 12.1 Å². The third-order valence-corrected chi connectivity index (χ3v) is 2.18. The van der Waals surface area contributed by atoms with Crippen molar-refractivity contribution in [3.05, 3.63) is 34.0 Å². The predicted octanol–water partition coefficient (Wildman–Crippen LogP) is 0.518. The first-order valence-electron chi connectivity index (χ1n) is 4.86. The first kappa shape index (κ1) is 12.3. The second-order valence-electron chi connectivity index (χ2n) is 3.38. The Balaban J connectivity index is 2.36. The van der Waals surface area contributed by atoms with Gasteiger partial charge in [-0.25, -0.2) is 4.63 Å². The van der Waals surface area contributed by atoms with E-state index in [2.05, 4.69) is 20.3 Å². The number of nitro groups is 1. The maximum absolute atomic E-state index is 11.7. The largest absolute Gasteiger partial charge is 0.505 e. The Hall–Kier alpha value is -3.17. The minimum absolute atomic E-state index is 0.268. The maximum Gasteiger partial charge on any atom is 0.296 e. The quantitative estimate of drug-likeness (QED) is 0.411. The van der Waals surface area contributed by atoms with Crippen LogP contribution in [0.2, 0.25) is 0 Å². The van der Waals surface area contributed by atoms with Gasteiger partial charge in [-0.15, -0.1) is 0 Å². The van der Waals surface area contributed by atoms with Crippen LogP contribution in [0.15, 0.2) is 22.8 Å². The lowest BCUT2D eigenvalue weighted by Gasteiger charge is -2.06. The Morgan fingerprint density at radius 1 is 1.47 bits per heavy atom. The Morgan fingerprint density at radius 3 is 2.79 bits per heavy atom. The Bertz CT molecular complexity index is 652. The number of hydrogen-bond acceptors (Lipinski definition) is 8. The average molecular weight is 265 g/mol. The number of aromatic hydroxyl groups is 1. The number of phenols is 1. The summed E-state index contributed by atoms with van der Waals surface area (Å²) in [5.74, 6) is -1.61. The molecule has 0 saturated carbocycles. The highest BCUT2D eigenvalue weighted by Crippen LogP contribution is 2.33. The molecule has 2 aromatic rings. The van der Waals surface area contributed by atoms with Crippen LogP contribution in [0.25, 0.3) is 0 Å². The van der Waals surface area contributed by atoms with E-state index in [-0.39, 0.29) is 17.2 Å². The number of hydrogen-bond donors (Lipinski definition) is 3. The topological polar surface area (TPSA) is 157 Å². The first-order valence-corrected chi connectivity index (χ1v) is 4.86. The minimum atomic E-state index is -0.886. The highest BCUT2D eigenvalue weighted by atomic mass is 16.6. The molecular weight excluding hydrogens is 258 g/mol. The van der Waals surface area contributed by atoms with Gasteiger partial charge in [0.1, 0.15) is 5.75 Å². The summed E-state index contributed by atoms with van der Waals surface area (Å²) in [5, 5.41) is 28.9. The zero-order chi connectivity index (χ0) is 14.0. The predicted molar refractivity (Wildman–Crippen MR) is 61.4 cm³/mol. The molecule has 0 radical (unpaired) electrons. The third-order valence-electron chi connectivity index (χ3n) is 2.18. The molecule has 1 aromatic heterocycles. The van der Waals surface area contributed by atoms with E-state index in [0.717, 1.165) is 6.07 Å². The van der Waals surface area contributed by atoms with Crippen LogP contribution in [0, 0.1) is 10.1 Å². The van der Waals surface area contributed by atoms with Gasteiger partial charge in [0.25, 0.3) is 11.6 Å². The molecule has 2 rings (SSSR count). The fraction of sp³-hybridized carbons (Fsp3) is 0. The van der Waals surface area contributed by atoms with Gasteiger partial charge in [-0.3, -0.25) is 14.9 Å². The second kappa shape index (κ2) is 4.60. The summed E-state index contributed by atoms with van der Waals surface area (Å²) < 4.78 is 4.23. The smallest absolute Gasteiger partial charge is 0.296 e. The van der Waals surface area contributed by atoms with Crippen molar-refractivity contribution < 1.29 is 19.5 Å². The molecule has 0 atom stereocenters. The molecule has 10 nitrogen and oxygen atoms in total. The molecule has 0 aliphatic carbocycles. The zero-order valence-corrected chi connectivity index (χ0v) is 9.23. The van der Waals surface area contributed by atoms with E-state index in [9.17, 15) is 20.0 Å². The van der Waals surface area contributed by atoms with Gasteiger partial charge < -0.3 is 16.2 Å². The Labute approximate surface area is 104 Å². The number of carbonyl (C=O) groups excluding carboxylic acids is 1. The SMILES string of the molecule is Nc1nonc1C(=O)Nc1c(O)cccc1[N+](=O)[O-]. The fourth-order valence-electron chi connectivity index (χ4n) is 1.33. The van der Waals surface area contributed by atoms with Crippen LogP contribution in [0.4, 0.5) is 17.2 Å². The standard InChI is InChI=1S/C9H7N5O5/c10-8-7(12-19-13-8)9(16)11-6-4(14(17)18)2-1-3-5(6)15/h1-3,15H,(H2,10,13)(H,11,16). The van der Waals surface area contributed by atoms with Crippen LogP contribution >= 0.6 is 0 Å². The number of nitrogens with one attached hydrogen (secondary N) is 1. The maximum atomic E-state index is 11.7. The Kier molecular flexibility index (Phi) is 2.98. The van der Waals surface area contributed by atoms with Crippen LogP contribution in [0.1, 0.15) is 10.5 Å². The van der Waals surface area contributed by atoms with Gasteiger partial charge in [0.05, 0.1) is 4.92 Å². The summed E-state index contributed by atoms with van der Waals surface area (Å²) in [6.45, 7) is 0. The summed E-state index contributed by atoms with van der Waals surface area (Å²) in [5.41, 5.74) is 4.14. The molecule has 0 aliphatic rings. The first-order chi connectivity index (χ1) is 9.00. The molecule has 19 heavy (non-hydrogen) atoms. The molecule has 0 aliphatic heterocycles. The van der Waals surface area contributed by atoms with Gasteiger partial charge in [-0.2, -0.15) is 0 Å². The summed E-state index contributed by atoms with van der Waals surface area (Å²) in [4.78, 5) is 21.8. The van der Waals surface area contributed by atoms with Crippen molar-refractivity contribution in [3.8, 4) is 5.75 Å². The minimum Gasteiger partial charge on any atom is -0.505 e. The van der Waals surface area contributed by atoms with Gasteiger partial charge in [0, 0.05) is 6.07 Å². The fourth-order valence-corrected chi connectivity index (χ4v) is 1.33. The molecule has 98 valence electrons. The molecule has 10 heteroatoms. The van der Waals surface area contributed by atoms with E-state index >= 15 is 0 Å². The molecule has 0 saturated heterocycles. The van der Waals surface area contributed by atoms with E-state index in [0.29, 0.717) is 0 Å². The number of nitrogen functional groups attached to an aromatic ring is 1. The number of aromatic nitrogens is 2. The van der Waals surface area contributed by atoms with Crippen molar-refractivity contribution >= 4 is 23.1 Å². The van der Waals surface area contributed by atoms with E-state index in [1.807, 2.05) is 0 Å². The van der Waals surface area contributed by atoms with Crippen molar-refractivity contribution in [1.29, 1.82) is 0 Å². The molecule has 4 N–H and O–H groups in total. The van der Waals surface area contributed by atoms with Crippen LogP contribution < -0.4 is 11.1 Å². The van der Waals surface area contributed by atoms with E-state index in [1.54, 1.807) is 0 Å². The number of benzene rings is 1. The number of nitrogens with two attached hydrogens (primary N) is 1. The summed E-state index contributed by atoms with van der Waals surface area (Å²) in [6, 6.07) is 3.59. The van der Waals surface area contributed by atoms with Crippen molar-refractivity contribution in [2.45, 2.75) is 0 Å². The van der Waals surface area contributed by atoms with Crippen LogP contribution in [-0.2, 0) is 0 Å². The van der Waals surface area contributed by atoms with Crippen molar-refractivity contribution in [1.82, 2.24) is 10.3 Å². The number of nitro benzene ring substituents is 1. The zero-order valence-electron chi connectivity index (χ0n) is 9.23. The summed E-state index contributed by atoms with van der Waals surface area (Å²) in [6.07, 6.45) is 0. The number of amides is 1. The number of phenolic OH excluding ortho intramolecular Hbond substituents is 1. The molecule has 0 unspecified atom stereocenters. The van der Waals surface area contributed by atoms with Crippen molar-refractivity contribution in [2.24, 2.45) is 0 Å². The van der Waals surface area contributed by atoms with Gasteiger partial charge in [0.2, 0.25) is 11.5 Å². The molecular formula is C9H7N5O5. The van der Waals surface area contributed by atoms with Crippen molar-refractivity contribution in [3.63, 3.8) is 0 Å². The highest BCUT2D eigenvalue weighted by molar-refractivity contribution is 6.07. The van der Waals surface area contributed by atoms with Crippen LogP contribution in [-0.4, -0.2) is 26.3 Å². The lowest BCUT2D eigenvalue weighted by Crippen LogP contribution is -2.15. The molecule has 0 bridgehead atoms. The molecule has 0 spiro atoms. The Morgan fingerprint density at radius 2 is 2.21 bits per heavy atom. The number of rotatable bonds is 3. The number of para-hydroxylation sites is 1. The van der Waals surface area contributed by atoms with E-state index in [4.69, 9.17) is 5.73 Å². The highest BCUT2D eigenvalue weighted by Gasteiger charge is 2.23. The number of anilines is 2. The normalized spacial score (nSPS) is 10.1. The van der Waals surface area contributed by atoms with Crippen LogP contribution in [0.5, 0.6) is 5.75 Å². The van der Waals surface area contributed by atoms with Gasteiger partial charge in [-0.05, 0) is 16.4 Å². The molecule has 1 aromatic carbocycles. The van der Waals surface area contributed by atoms with Gasteiger partial charge in [-0.1, -0.05) is 6.07 Å². The van der Waals surface area contributed by atoms with Crippen molar-refractivity contribution in [2.75, 3.05) is 11.1 Å². The molecule has 1 heterocycles. The van der Waals surface area contributed by atoms with E-state index < -0.39 is 22.3 Å².